The van der Waals surface area contributed by atoms with Crippen LogP contribution in [0.25, 0.3) is 0 Å². The number of allylic oxidation sites excluding steroid dienone is 8. The summed E-state index contributed by atoms with van der Waals surface area (Å²) in [7, 11) is 0. The SMILES string of the molecule is CC(C)C1=[C]([Hf])C2=CC=CCC(C)C2=C1. The van der Waals surface area contributed by atoms with Crippen molar-refractivity contribution in [3.63, 3.8) is 0 Å². The van der Waals surface area contributed by atoms with Crippen LogP contribution in [0.2, 0.25) is 0 Å². The fraction of sp³-hybridized carbons (Fsp3) is 0.429. The second kappa shape index (κ2) is 4.37. The van der Waals surface area contributed by atoms with Gasteiger partial charge in [0.25, 0.3) is 0 Å². The Bertz CT molecular complexity index is 392. The van der Waals surface area contributed by atoms with Gasteiger partial charge in [0.15, 0.2) is 0 Å². The molecule has 0 amide bonds. The van der Waals surface area contributed by atoms with E-state index < -0.39 is 0 Å². The zero-order chi connectivity index (χ0) is 11.0. The Hall–Kier alpha value is -0.170. The van der Waals surface area contributed by atoms with Gasteiger partial charge in [0.05, 0.1) is 0 Å². The zero-order valence-electron chi connectivity index (χ0n) is 9.67. The number of fused-ring (bicyclic) bond motifs is 1. The monoisotopic (exact) mass is 365 g/mol. The molecule has 0 aromatic carbocycles. The van der Waals surface area contributed by atoms with Crippen molar-refractivity contribution in [2.24, 2.45) is 11.8 Å². The van der Waals surface area contributed by atoms with Crippen LogP contribution in [0.1, 0.15) is 27.2 Å². The van der Waals surface area contributed by atoms with Gasteiger partial charge in [-0.05, 0) is 0 Å². The van der Waals surface area contributed by atoms with E-state index in [2.05, 4.69) is 45.1 Å². The summed E-state index contributed by atoms with van der Waals surface area (Å²) in [5.41, 5.74) is 4.70. The third kappa shape index (κ3) is 2.04. The summed E-state index contributed by atoms with van der Waals surface area (Å²) in [5, 5.41) is 0. The fourth-order valence-electron chi connectivity index (χ4n) is 2.23. The Morgan fingerprint density at radius 1 is 1.40 bits per heavy atom. The van der Waals surface area contributed by atoms with Crippen LogP contribution in [-0.4, -0.2) is 0 Å². The minimum atomic E-state index is 0.675. The second-order valence-corrected chi connectivity index (χ2v) is 6.53. The third-order valence-corrected chi connectivity index (χ3v) is 5.23. The van der Waals surface area contributed by atoms with E-state index >= 15 is 0 Å². The standard InChI is InChI=1S/C14H17.Hf/c1-10(2)13-8-12-7-5-4-6-11(3)14(12)9-13;/h4-5,7,9-11H,6H2,1-3H3;. The van der Waals surface area contributed by atoms with Gasteiger partial charge in [0, 0.05) is 0 Å². The van der Waals surface area contributed by atoms with Gasteiger partial charge in [-0.2, -0.15) is 0 Å². The average molecular weight is 364 g/mol. The summed E-state index contributed by atoms with van der Waals surface area (Å²) in [6, 6.07) is 0. The maximum absolute atomic E-state index is 2.45. The molecule has 0 aliphatic heterocycles. The van der Waals surface area contributed by atoms with Crippen molar-refractivity contribution in [2.75, 3.05) is 0 Å². The molecule has 0 aromatic heterocycles. The molecular weight excluding hydrogens is 347 g/mol. The first-order chi connectivity index (χ1) is 7.11. The molecule has 1 atom stereocenters. The molecular formula is C14H17Hf. The van der Waals surface area contributed by atoms with Crippen LogP contribution in [0.3, 0.4) is 0 Å². The minimum absolute atomic E-state index is 0.675. The van der Waals surface area contributed by atoms with E-state index in [1.165, 1.54) is 36.4 Å². The Kier molecular flexibility index (Phi) is 3.30. The summed E-state index contributed by atoms with van der Waals surface area (Å²) >= 11 is 1.17. The van der Waals surface area contributed by atoms with Gasteiger partial charge in [0.1, 0.15) is 0 Å². The zero-order valence-corrected chi connectivity index (χ0v) is 13.3. The fourth-order valence-corrected chi connectivity index (χ4v) is 4.35. The Morgan fingerprint density at radius 3 is 2.80 bits per heavy atom. The normalized spacial score (nSPS) is 25.1. The van der Waals surface area contributed by atoms with Gasteiger partial charge in [-0.25, -0.2) is 0 Å². The average Bonchev–Trinajstić information content (AvgIpc) is 2.39. The third-order valence-electron chi connectivity index (χ3n) is 3.22. The molecule has 0 radical (unpaired) electrons. The predicted octanol–water partition coefficient (Wildman–Crippen LogP) is 3.91. The summed E-state index contributed by atoms with van der Waals surface area (Å²) in [6.07, 6.45) is 10.5. The molecule has 1 heteroatoms. The molecule has 0 spiro atoms. The molecule has 0 aromatic rings. The van der Waals surface area contributed by atoms with Crippen molar-refractivity contribution in [3.8, 4) is 0 Å². The molecule has 0 bridgehead atoms. The summed E-state index contributed by atoms with van der Waals surface area (Å²) < 4.78 is 1.62. The Morgan fingerprint density at radius 2 is 2.13 bits per heavy atom. The first-order valence-corrected chi connectivity index (χ1v) is 7.45. The summed E-state index contributed by atoms with van der Waals surface area (Å²) in [5.74, 6) is 1.37. The molecule has 1 unspecified atom stereocenters. The van der Waals surface area contributed by atoms with Crippen LogP contribution in [0.5, 0.6) is 0 Å². The number of rotatable bonds is 1. The van der Waals surface area contributed by atoms with E-state index in [0.717, 1.165) is 0 Å². The summed E-state index contributed by atoms with van der Waals surface area (Å²) in [4.78, 5) is 0. The van der Waals surface area contributed by atoms with Crippen molar-refractivity contribution in [2.45, 2.75) is 27.2 Å². The molecule has 0 saturated carbocycles. The molecule has 0 saturated heterocycles. The van der Waals surface area contributed by atoms with Crippen molar-refractivity contribution >= 4 is 0 Å². The van der Waals surface area contributed by atoms with E-state index in [9.17, 15) is 0 Å². The van der Waals surface area contributed by atoms with Gasteiger partial charge in [-0.3, -0.25) is 0 Å². The molecule has 2 rings (SSSR count). The van der Waals surface area contributed by atoms with Crippen molar-refractivity contribution in [1.82, 2.24) is 0 Å². The second-order valence-electron chi connectivity index (χ2n) is 4.73. The van der Waals surface area contributed by atoms with E-state index in [0.29, 0.717) is 11.8 Å². The van der Waals surface area contributed by atoms with Crippen LogP contribution in [-0.2, 0) is 24.4 Å². The van der Waals surface area contributed by atoms with Gasteiger partial charge < -0.3 is 0 Å². The summed E-state index contributed by atoms with van der Waals surface area (Å²) in [6.45, 7) is 6.95. The predicted molar refractivity (Wildman–Crippen MR) is 61.0 cm³/mol. The molecule has 2 aliphatic rings. The Labute approximate surface area is 107 Å². The van der Waals surface area contributed by atoms with Crippen molar-refractivity contribution in [3.05, 3.63) is 44.4 Å². The molecule has 0 fully saturated rings. The quantitative estimate of drug-likeness (QED) is 0.620. The van der Waals surface area contributed by atoms with Crippen LogP contribution >= 0.6 is 0 Å². The van der Waals surface area contributed by atoms with E-state index in [4.69, 9.17) is 0 Å². The number of hydrogen-bond donors (Lipinski definition) is 0. The molecule has 77 valence electrons. The van der Waals surface area contributed by atoms with E-state index in [-0.39, 0.29) is 0 Å². The Balaban J connectivity index is 2.47. The molecule has 2 aliphatic carbocycles. The van der Waals surface area contributed by atoms with Crippen LogP contribution in [0.15, 0.2) is 44.4 Å². The van der Waals surface area contributed by atoms with E-state index in [1.54, 1.807) is 14.5 Å². The van der Waals surface area contributed by atoms with Crippen molar-refractivity contribution < 1.29 is 24.4 Å². The maximum atomic E-state index is 2.45. The van der Waals surface area contributed by atoms with Gasteiger partial charge in [0.2, 0.25) is 0 Å². The van der Waals surface area contributed by atoms with Crippen LogP contribution < -0.4 is 0 Å². The molecule has 0 N–H and O–H groups in total. The van der Waals surface area contributed by atoms with Gasteiger partial charge >= 0.3 is 108 Å². The van der Waals surface area contributed by atoms with E-state index in [1.807, 2.05) is 0 Å². The molecule has 0 heterocycles. The van der Waals surface area contributed by atoms with Crippen molar-refractivity contribution in [1.29, 1.82) is 0 Å². The van der Waals surface area contributed by atoms with Gasteiger partial charge in [-0.15, -0.1) is 0 Å². The molecule has 0 nitrogen and oxygen atoms in total. The topological polar surface area (TPSA) is 0 Å². The number of hydrogen-bond acceptors (Lipinski definition) is 0. The first-order valence-electron chi connectivity index (χ1n) is 5.66. The molecule has 15 heavy (non-hydrogen) atoms. The van der Waals surface area contributed by atoms with Gasteiger partial charge in [-0.1, -0.05) is 0 Å². The van der Waals surface area contributed by atoms with Crippen LogP contribution in [0.4, 0.5) is 0 Å². The van der Waals surface area contributed by atoms with Crippen LogP contribution in [0, 0.1) is 11.8 Å². The first kappa shape index (κ1) is 11.3.